The molecule has 4 heteroatoms. The summed E-state index contributed by atoms with van der Waals surface area (Å²) in [4.78, 5) is 11.7. The summed E-state index contributed by atoms with van der Waals surface area (Å²) in [6.07, 6.45) is 0. The van der Waals surface area contributed by atoms with E-state index >= 15 is 0 Å². The van der Waals surface area contributed by atoms with Crippen LogP contribution in [0.15, 0.2) is 40.9 Å². The van der Waals surface area contributed by atoms with Crippen molar-refractivity contribution < 1.29 is 14.3 Å². The van der Waals surface area contributed by atoms with E-state index in [9.17, 15) is 4.79 Å². The molecule has 0 fully saturated rings. The highest BCUT2D eigenvalue weighted by atomic mass is 79.9. The highest BCUT2D eigenvalue weighted by Gasteiger charge is 2.13. The number of carbonyl (C=O) groups is 1. The molecule has 0 aliphatic rings. The molecule has 0 atom stereocenters. The summed E-state index contributed by atoms with van der Waals surface area (Å²) >= 11 is 3.47. The summed E-state index contributed by atoms with van der Waals surface area (Å²) < 4.78 is 11.7. The van der Waals surface area contributed by atoms with Gasteiger partial charge >= 0.3 is 0 Å². The Labute approximate surface area is 133 Å². The molecule has 110 valence electrons. The van der Waals surface area contributed by atoms with Crippen LogP contribution in [0, 0.1) is 6.92 Å². The highest BCUT2D eigenvalue weighted by Crippen LogP contribution is 2.32. The fourth-order valence-electron chi connectivity index (χ4n) is 2.01. The van der Waals surface area contributed by atoms with E-state index in [-0.39, 0.29) is 5.78 Å². The molecule has 0 radical (unpaired) electrons. The van der Waals surface area contributed by atoms with Crippen LogP contribution in [-0.2, 0) is 6.61 Å². The Morgan fingerprint density at radius 1 is 1.19 bits per heavy atom. The SMILES string of the molecule is COc1ccc(COc2c(Br)cc(C)cc2C(C)=O)cc1. The molecular formula is C17H17BrO3. The van der Waals surface area contributed by atoms with Gasteiger partial charge in [-0.05, 0) is 65.2 Å². The van der Waals surface area contributed by atoms with Crippen molar-refractivity contribution in [2.24, 2.45) is 0 Å². The van der Waals surface area contributed by atoms with Crippen LogP contribution in [0.1, 0.15) is 28.4 Å². The summed E-state index contributed by atoms with van der Waals surface area (Å²) in [6.45, 7) is 3.89. The number of Topliss-reactive ketones (excluding diaryl/α,β-unsaturated/α-hetero) is 1. The smallest absolute Gasteiger partial charge is 0.163 e. The van der Waals surface area contributed by atoms with Crippen molar-refractivity contribution >= 4 is 21.7 Å². The summed E-state index contributed by atoms with van der Waals surface area (Å²) in [5.74, 6) is 1.38. The second kappa shape index (κ2) is 6.76. The largest absolute Gasteiger partial charge is 0.497 e. The summed E-state index contributed by atoms with van der Waals surface area (Å²) in [5.41, 5.74) is 2.62. The molecule has 0 aromatic heterocycles. The normalized spacial score (nSPS) is 10.3. The topological polar surface area (TPSA) is 35.5 Å². The van der Waals surface area contributed by atoms with Crippen molar-refractivity contribution in [1.29, 1.82) is 0 Å². The number of rotatable bonds is 5. The number of halogens is 1. The minimum atomic E-state index is -0.0101. The fourth-order valence-corrected chi connectivity index (χ4v) is 2.70. The van der Waals surface area contributed by atoms with E-state index in [0.29, 0.717) is 17.9 Å². The predicted octanol–water partition coefficient (Wildman–Crippen LogP) is 4.55. The van der Waals surface area contributed by atoms with E-state index in [1.807, 2.05) is 43.3 Å². The van der Waals surface area contributed by atoms with Crippen LogP contribution in [0.4, 0.5) is 0 Å². The van der Waals surface area contributed by atoms with Gasteiger partial charge in [-0.3, -0.25) is 4.79 Å². The van der Waals surface area contributed by atoms with E-state index in [1.54, 1.807) is 14.0 Å². The van der Waals surface area contributed by atoms with Gasteiger partial charge in [0.1, 0.15) is 18.1 Å². The standard InChI is InChI=1S/C17H17BrO3/c1-11-8-15(12(2)19)17(16(18)9-11)21-10-13-4-6-14(20-3)7-5-13/h4-9H,10H2,1-3H3. The van der Waals surface area contributed by atoms with Gasteiger partial charge < -0.3 is 9.47 Å². The lowest BCUT2D eigenvalue weighted by Crippen LogP contribution is -2.03. The second-order valence-electron chi connectivity index (χ2n) is 4.82. The lowest BCUT2D eigenvalue weighted by Gasteiger charge is -2.13. The predicted molar refractivity (Wildman–Crippen MR) is 86.2 cm³/mol. The van der Waals surface area contributed by atoms with Gasteiger partial charge in [-0.15, -0.1) is 0 Å². The van der Waals surface area contributed by atoms with E-state index in [4.69, 9.17) is 9.47 Å². The molecule has 0 aliphatic heterocycles. The van der Waals surface area contributed by atoms with E-state index in [1.165, 1.54) is 0 Å². The van der Waals surface area contributed by atoms with Crippen LogP contribution >= 0.6 is 15.9 Å². The molecule has 0 amide bonds. The van der Waals surface area contributed by atoms with Gasteiger partial charge in [0, 0.05) is 0 Å². The number of ether oxygens (including phenoxy) is 2. The van der Waals surface area contributed by atoms with Crippen molar-refractivity contribution in [1.82, 2.24) is 0 Å². The Bertz CT molecular complexity index is 648. The maximum Gasteiger partial charge on any atom is 0.163 e. The van der Waals surface area contributed by atoms with Crippen LogP contribution in [0.5, 0.6) is 11.5 Å². The average Bonchev–Trinajstić information content (AvgIpc) is 2.46. The van der Waals surface area contributed by atoms with E-state index in [0.717, 1.165) is 21.3 Å². The molecule has 0 bridgehead atoms. The first-order valence-electron chi connectivity index (χ1n) is 6.58. The van der Waals surface area contributed by atoms with Crippen molar-refractivity contribution in [2.75, 3.05) is 7.11 Å². The Hall–Kier alpha value is -1.81. The first kappa shape index (κ1) is 15.6. The molecule has 2 aromatic rings. The Morgan fingerprint density at radius 3 is 2.43 bits per heavy atom. The molecule has 0 saturated heterocycles. The maximum atomic E-state index is 11.7. The summed E-state index contributed by atoms with van der Waals surface area (Å²) in [5, 5.41) is 0. The number of methoxy groups -OCH3 is 1. The first-order valence-corrected chi connectivity index (χ1v) is 7.37. The zero-order valence-corrected chi connectivity index (χ0v) is 13.9. The quantitative estimate of drug-likeness (QED) is 0.743. The van der Waals surface area contributed by atoms with E-state index in [2.05, 4.69) is 15.9 Å². The highest BCUT2D eigenvalue weighted by molar-refractivity contribution is 9.10. The second-order valence-corrected chi connectivity index (χ2v) is 5.67. The number of carbonyl (C=O) groups excluding carboxylic acids is 1. The average molecular weight is 349 g/mol. The first-order chi connectivity index (χ1) is 10.0. The van der Waals surface area contributed by atoms with Gasteiger partial charge in [0.2, 0.25) is 0 Å². The minimum Gasteiger partial charge on any atom is -0.497 e. The zero-order valence-electron chi connectivity index (χ0n) is 12.3. The molecule has 0 spiro atoms. The molecule has 21 heavy (non-hydrogen) atoms. The Kier molecular flexibility index (Phi) is 5.02. The van der Waals surface area contributed by atoms with Gasteiger partial charge in [0.25, 0.3) is 0 Å². The molecule has 0 aliphatic carbocycles. The molecule has 2 aromatic carbocycles. The lowest BCUT2D eigenvalue weighted by molar-refractivity contribution is 0.101. The molecule has 0 saturated carbocycles. The van der Waals surface area contributed by atoms with Crippen LogP contribution in [-0.4, -0.2) is 12.9 Å². The van der Waals surface area contributed by atoms with Gasteiger partial charge in [-0.1, -0.05) is 12.1 Å². The van der Waals surface area contributed by atoms with Gasteiger partial charge in [-0.25, -0.2) is 0 Å². The number of benzene rings is 2. The van der Waals surface area contributed by atoms with Crippen LogP contribution < -0.4 is 9.47 Å². The number of aryl methyl sites for hydroxylation is 1. The van der Waals surface area contributed by atoms with Crippen LogP contribution in [0.25, 0.3) is 0 Å². The number of hydrogen-bond acceptors (Lipinski definition) is 3. The van der Waals surface area contributed by atoms with Crippen molar-refractivity contribution in [3.05, 3.63) is 57.6 Å². The van der Waals surface area contributed by atoms with Gasteiger partial charge in [-0.2, -0.15) is 0 Å². The van der Waals surface area contributed by atoms with Crippen molar-refractivity contribution in [3.63, 3.8) is 0 Å². The van der Waals surface area contributed by atoms with Crippen molar-refractivity contribution in [2.45, 2.75) is 20.5 Å². The fraction of sp³-hybridized carbons (Fsp3) is 0.235. The maximum absolute atomic E-state index is 11.7. The van der Waals surface area contributed by atoms with E-state index < -0.39 is 0 Å². The third kappa shape index (κ3) is 3.85. The minimum absolute atomic E-state index is 0.0101. The Morgan fingerprint density at radius 2 is 1.86 bits per heavy atom. The van der Waals surface area contributed by atoms with Crippen LogP contribution in [0.2, 0.25) is 0 Å². The molecule has 0 N–H and O–H groups in total. The number of ketones is 1. The summed E-state index contributed by atoms with van der Waals surface area (Å²) in [7, 11) is 1.63. The van der Waals surface area contributed by atoms with Crippen molar-refractivity contribution in [3.8, 4) is 11.5 Å². The molecular weight excluding hydrogens is 332 g/mol. The molecule has 0 heterocycles. The Balaban J connectivity index is 2.20. The third-order valence-electron chi connectivity index (χ3n) is 3.11. The monoisotopic (exact) mass is 348 g/mol. The number of hydrogen-bond donors (Lipinski definition) is 0. The third-order valence-corrected chi connectivity index (χ3v) is 3.70. The molecule has 3 nitrogen and oxygen atoms in total. The van der Waals surface area contributed by atoms with Crippen LogP contribution in [0.3, 0.4) is 0 Å². The lowest BCUT2D eigenvalue weighted by atomic mass is 10.1. The molecule has 0 unspecified atom stereocenters. The van der Waals surface area contributed by atoms with Gasteiger partial charge in [0.15, 0.2) is 5.78 Å². The van der Waals surface area contributed by atoms with Gasteiger partial charge in [0.05, 0.1) is 17.1 Å². The molecule has 2 rings (SSSR count). The summed E-state index contributed by atoms with van der Waals surface area (Å²) in [6, 6.07) is 11.4. The zero-order chi connectivity index (χ0) is 15.4.